The van der Waals surface area contributed by atoms with Crippen LogP contribution in [-0.2, 0) is 9.59 Å². The fourth-order valence-electron chi connectivity index (χ4n) is 1.33. The second kappa shape index (κ2) is 5.87. The highest BCUT2D eigenvalue weighted by Gasteiger charge is 2.28. The van der Waals surface area contributed by atoms with Crippen LogP contribution in [-0.4, -0.2) is 28.4 Å². The minimum atomic E-state index is -1.15. The molecule has 1 heterocycles. The summed E-state index contributed by atoms with van der Waals surface area (Å²) in [7, 11) is 0. The first-order valence-electron chi connectivity index (χ1n) is 5.77. The minimum Gasteiger partial charge on any atom is -0.478 e. The molecule has 1 aromatic rings. The molecule has 1 aromatic heterocycles. The van der Waals surface area contributed by atoms with Crippen molar-refractivity contribution in [2.75, 3.05) is 0 Å². The van der Waals surface area contributed by atoms with Gasteiger partial charge in [0.1, 0.15) is 5.54 Å². The van der Waals surface area contributed by atoms with Gasteiger partial charge < -0.3 is 16.2 Å². The molecule has 6 nitrogen and oxygen atoms in total. The van der Waals surface area contributed by atoms with Crippen LogP contribution < -0.4 is 11.1 Å². The molecule has 0 aromatic carbocycles. The lowest BCUT2D eigenvalue weighted by Gasteiger charge is -2.21. The SMILES string of the molecule is Cc1cc(C(=O)NC(C)(C)C(N)=O)sc1/C=C/C(=O)O. The lowest BCUT2D eigenvalue weighted by molar-refractivity contribution is -0.131. The van der Waals surface area contributed by atoms with Crippen LogP contribution in [0, 0.1) is 6.92 Å². The Balaban J connectivity index is 2.93. The molecule has 0 fully saturated rings. The molecule has 1 rings (SSSR count). The normalized spacial score (nSPS) is 11.6. The Morgan fingerprint density at radius 2 is 2.00 bits per heavy atom. The van der Waals surface area contributed by atoms with E-state index in [1.165, 1.54) is 19.9 Å². The van der Waals surface area contributed by atoms with E-state index >= 15 is 0 Å². The number of primary amides is 1. The van der Waals surface area contributed by atoms with Crippen molar-refractivity contribution in [1.29, 1.82) is 0 Å². The van der Waals surface area contributed by atoms with E-state index in [9.17, 15) is 14.4 Å². The topological polar surface area (TPSA) is 109 Å². The van der Waals surface area contributed by atoms with Gasteiger partial charge in [-0.25, -0.2) is 4.79 Å². The zero-order valence-electron chi connectivity index (χ0n) is 11.4. The molecule has 0 aliphatic carbocycles. The van der Waals surface area contributed by atoms with Crippen molar-refractivity contribution in [1.82, 2.24) is 5.32 Å². The van der Waals surface area contributed by atoms with Gasteiger partial charge in [0, 0.05) is 11.0 Å². The number of carbonyl (C=O) groups is 3. The molecular weight excluding hydrogens is 280 g/mol. The van der Waals surface area contributed by atoms with Crippen LogP contribution in [0.1, 0.15) is 34.0 Å². The first-order valence-corrected chi connectivity index (χ1v) is 6.59. The lowest BCUT2D eigenvalue weighted by atomic mass is 10.1. The summed E-state index contributed by atoms with van der Waals surface area (Å²) in [4.78, 5) is 34.7. The maximum Gasteiger partial charge on any atom is 0.328 e. The second-order valence-corrected chi connectivity index (χ2v) is 5.86. The Labute approximate surface area is 120 Å². The molecule has 0 saturated carbocycles. The molecule has 0 saturated heterocycles. The van der Waals surface area contributed by atoms with E-state index in [0.29, 0.717) is 9.75 Å². The van der Waals surface area contributed by atoms with E-state index in [1.807, 2.05) is 0 Å². The third kappa shape index (κ3) is 3.92. The number of aliphatic carboxylic acids is 1. The summed E-state index contributed by atoms with van der Waals surface area (Å²) in [5.41, 5.74) is 4.83. The summed E-state index contributed by atoms with van der Waals surface area (Å²) in [6.07, 6.45) is 2.44. The largest absolute Gasteiger partial charge is 0.478 e. The Hall–Kier alpha value is -2.15. The standard InChI is InChI=1S/C13H16N2O4S/c1-7-6-9(20-8(7)4-5-10(16)17)11(18)15-13(2,3)12(14)19/h4-6H,1-3H3,(H2,14,19)(H,15,18)(H,16,17)/b5-4+. The maximum atomic E-state index is 12.0. The molecular formula is C13H16N2O4S. The summed E-state index contributed by atoms with van der Waals surface area (Å²) in [5.74, 6) is -2.11. The van der Waals surface area contributed by atoms with Crippen molar-refractivity contribution in [2.45, 2.75) is 26.3 Å². The van der Waals surface area contributed by atoms with Gasteiger partial charge >= 0.3 is 5.97 Å². The molecule has 7 heteroatoms. The highest BCUT2D eigenvalue weighted by molar-refractivity contribution is 7.15. The monoisotopic (exact) mass is 296 g/mol. The van der Waals surface area contributed by atoms with Gasteiger partial charge in [-0.15, -0.1) is 11.3 Å². The fraction of sp³-hybridized carbons (Fsp3) is 0.308. The van der Waals surface area contributed by atoms with Gasteiger partial charge in [-0.1, -0.05) is 0 Å². The quantitative estimate of drug-likeness (QED) is 0.708. The van der Waals surface area contributed by atoms with E-state index in [-0.39, 0.29) is 0 Å². The highest BCUT2D eigenvalue weighted by Crippen LogP contribution is 2.23. The van der Waals surface area contributed by atoms with Gasteiger partial charge in [0.25, 0.3) is 5.91 Å². The van der Waals surface area contributed by atoms with E-state index in [2.05, 4.69) is 5.32 Å². The van der Waals surface area contributed by atoms with Crippen LogP contribution in [0.15, 0.2) is 12.1 Å². The number of hydrogen-bond donors (Lipinski definition) is 3. The summed E-state index contributed by atoms with van der Waals surface area (Å²) < 4.78 is 0. The predicted molar refractivity (Wildman–Crippen MR) is 76.5 cm³/mol. The van der Waals surface area contributed by atoms with Crippen molar-refractivity contribution >= 4 is 35.2 Å². The number of carbonyl (C=O) groups excluding carboxylic acids is 2. The summed E-state index contributed by atoms with van der Waals surface area (Å²) in [5, 5.41) is 11.1. The van der Waals surface area contributed by atoms with Crippen LogP contribution >= 0.6 is 11.3 Å². The second-order valence-electron chi connectivity index (χ2n) is 4.77. The number of nitrogens with one attached hydrogen (secondary N) is 1. The molecule has 0 radical (unpaired) electrons. The Morgan fingerprint density at radius 1 is 1.40 bits per heavy atom. The number of nitrogens with two attached hydrogens (primary N) is 1. The summed E-state index contributed by atoms with van der Waals surface area (Å²) in [6, 6.07) is 1.64. The van der Waals surface area contributed by atoms with Gasteiger partial charge in [-0.05, 0) is 38.5 Å². The summed E-state index contributed by atoms with van der Waals surface area (Å²) in [6.45, 7) is 4.80. The number of rotatable bonds is 5. The predicted octanol–water partition coefficient (Wildman–Crippen LogP) is 1.15. The molecule has 108 valence electrons. The number of aryl methyl sites for hydroxylation is 1. The first kappa shape index (κ1) is 15.9. The van der Waals surface area contributed by atoms with Gasteiger partial charge in [0.2, 0.25) is 5.91 Å². The minimum absolute atomic E-state index is 0.391. The molecule has 0 spiro atoms. The van der Waals surface area contributed by atoms with Crippen LogP contribution in [0.5, 0.6) is 0 Å². The van der Waals surface area contributed by atoms with Crippen LogP contribution in [0.3, 0.4) is 0 Å². The third-order valence-electron chi connectivity index (χ3n) is 2.60. The zero-order chi connectivity index (χ0) is 15.5. The van der Waals surface area contributed by atoms with E-state index in [0.717, 1.165) is 23.0 Å². The van der Waals surface area contributed by atoms with Gasteiger partial charge in [-0.3, -0.25) is 9.59 Å². The number of carboxylic acid groups (broad SMARTS) is 1. The van der Waals surface area contributed by atoms with E-state index in [4.69, 9.17) is 10.8 Å². The van der Waals surface area contributed by atoms with Crippen LogP contribution in [0.25, 0.3) is 6.08 Å². The Morgan fingerprint density at radius 3 is 2.50 bits per heavy atom. The molecule has 0 atom stereocenters. The molecule has 0 bridgehead atoms. The number of thiophene rings is 1. The Kier molecular flexibility index (Phi) is 4.67. The fourth-order valence-corrected chi connectivity index (χ4v) is 2.30. The maximum absolute atomic E-state index is 12.0. The number of hydrogen-bond acceptors (Lipinski definition) is 4. The van der Waals surface area contributed by atoms with E-state index < -0.39 is 23.3 Å². The highest BCUT2D eigenvalue weighted by atomic mass is 32.1. The molecule has 4 N–H and O–H groups in total. The first-order chi connectivity index (χ1) is 9.13. The van der Waals surface area contributed by atoms with Crippen molar-refractivity contribution in [3.05, 3.63) is 27.5 Å². The van der Waals surface area contributed by atoms with Gasteiger partial charge in [0.05, 0.1) is 4.88 Å². The Bertz CT molecular complexity index is 587. The van der Waals surface area contributed by atoms with Crippen molar-refractivity contribution in [2.24, 2.45) is 5.73 Å². The smallest absolute Gasteiger partial charge is 0.328 e. The van der Waals surface area contributed by atoms with Gasteiger partial charge in [0.15, 0.2) is 0 Å². The average Bonchev–Trinajstić information content (AvgIpc) is 2.67. The van der Waals surface area contributed by atoms with E-state index in [1.54, 1.807) is 13.0 Å². The molecule has 0 aliphatic heterocycles. The van der Waals surface area contributed by atoms with Crippen molar-refractivity contribution in [3.8, 4) is 0 Å². The van der Waals surface area contributed by atoms with Crippen LogP contribution in [0.2, 0.25) is 0 Å². The third-order valence-corrected chi connectivity index (χ3v) is 3.80. The summed E-state index contributed by atoms with van der Waals surface area (Å²) >= 11 is 1.15. The van der Waals surface area contributed by atoms with Crippen molar-refractivity contribution < 1.29 is 19.5 Å². The zero-order valence-corrected chi connectivity index (χ0v) is 12.2. The molecule has 2 amide bonds. The number of carboxylic acids is 1. The average molecular weight is 296 g/mol. The van der Waals surface area contributed by atoms with Gasteiger partial charge in [-0.2, -0.15) is 0 Å². The molecule has 20 heavy (non-hydrogen) atoms. The molecule has 0 aliphatic rings. The molecule has 0 unspecified atom stereocenters. The van der Waals surface area contributed by atoms with Crippen molar-refractivity contribution in [3.63, 3.8) is 0 Å². The lowest BCUT2D eigenvalue weighted by Crippen LogP contribution is -2.52. The number of amides is 2. The van der Waals surface area contributed by atoms with Crippen LogP contribution in [0.4, 0.5) is 0 Å².